The first kappa shape index (κ1) is 14.0. The third kappa shape index (κ3) is 3.55. The molecule has 1 unspecified atom stereocenters. The van der Waals surface area contributed by atoms with Gasteiger partial charge in [0.25, 0.3) is 0 Å². The molecule has 1 atom stereocenters. The lowest BCUT2D eigenvalue weighted by molar-refractivity contribution is 0.379. The van der Waals surface area contributed by atoms with Crippen molar-refractivity contribution < 1.29 is 0 Å². The second kappa shape index (κ2) is 5.70. The number of nitrogens with zero attached hydrogens (tertiary/aromatic N) is 1. The molecule has 0 aromatic carbocycles. The van der Waals surface area contributed by atoms with Crippen LogP contribution in [0.1, 0.15) is 64.1 Å². The van der Waals surface area contributed by atoms with Crippen LogP contribution < -0.4 is 5.32 Å². The molecule has 0 saturated heterocycles. The molecule has 1 aliphatic rings. The number of hydrogen-bond acceptors (Lipinski definition) is 3. The molecule has 102 valence electrons. The molecule has 1 fully saturated rings. The van der Waals surface area contributed by atoms with Crippen LogP contribution in [-0.2, 0) is 12.0 Å². The lowest BCUT2D eigenvalue weighted by atomic mass is 9.98. The Morgan fingerprint density at radius 2 is 2.06 bits per heavy atom. The van der Waals surface area contributed by atoms with Gasteiger partial charge in [0, 0.05) is 23.4 Å². The summed E-state index contributed by atoms with van der Waals surface area (Å²) >= 11 is 1.79. The van der Waals surface area contributed by atoms with E-state index in [-0.39, 0.29) is 5.41 Å². The van der Waals surface area contributed by atoms with Gasteiger partial charge in [0.2, 0.25) is 0 Å². The summed E-state index contributed by atoms with van der Waals surface area (Å²) in [5.41, 5.74) is 1.38. The summed E-state index contributed by atoms with van der Waals surface area (Å²) < 4.78 is 0. The highest BCUT2D eigenvalue weighted by Crippen LogP contribution is 2.28. The number of hydrogen-bond donors (Lipinski definition) is 1. The van der Waals surface area contributed by atoms with Crippen molar-refractivity contribution in [2.45, 2.75) is 71.4 Å². The first-order valence-corrected chi connectivity index (χ1v) is 8.03. The van der Waals surface area contributed by atoms with Gasteiger partial charge in [-0.05, 0) is 25.7 Å². The number of thiazole rings is 1. The van der Waals surface area contributed by atoms with Gasteiger partial charge < -0.3 is 5.32 Å². The van der Waals surface area contributed by atoms with Crippen LogP contribution in [0.3, 0.4) is 0 Å². The van der Waals surface area contributed by atoms with Crippen molar-refractivity contribution in [1.29, 1.82) is 0 Å². The number of aromatic nitrogens is 1. The van der Waals surface area contributed by atoms with Gasteiger partial charge in [-0.1, -0.05) is 33.6 Å². The van der Waals surface area contributed by atoms with E-state index in [2.05, 4.69) is 38.4 Å². The molecule has 18 heavy (non-hydrogen) atoms. The molecule has 1 heterocycles. The van der Waals surface area contributed by atoms with Crippen LogP contribution in [-0.4, -0.2) is 11.0 Å². The van der Waals surface area contributed by atoms with Crippen LogP contribution in [0.5, 0.6) is 0 Å². The van der Waals surface area contributed by atoms with Crippen molar-refractivity contribution in [3.8, 4) is 0 Å². The van der Waals surface area contributed by atoms with E-state index in [1.165, 1.54) is 36.4 Å². The van der Waals surface area contributed by atoms with Crippen molar-refractivity contribution in [3.63, 3.8) is 0 Å². The summed E-state index contributed by atoms with van der Waals surface area (Å²) in [6.07, 6.45) is 5.64. The quantitative estimate of drug-likeness (QED) is 0.887. The lowest BCUT2D eigenvalue weighted by Gasteiger charge is -2.19. The van der Waals surface area contributed by atoms with Gasteiger partial charge >= 0.3 is 0 Å². The van der Waals surface area contributed by atoms with Gasteiger partial charge in [-0.3, -0.25) is 0 Å². The Labute approximate surface area is 115 Å². The Bertz CT molecular complexity index is 372. The zero-order chi connectivity index (χ0) is 13.2. The molecule has 1 aromatic rings. The minimum Gasteiger partial charge on any atom is -0.308 e. The summed E-state index contributed by atoms with van der Waals surface area (Å²) in [7, 11) is 0. The van der Waals surface area contributed by atoms with Crippen LogP contribution in [0.4, 0.5) is 0 Å². The molecule has 1 aliphatic carbocycles. The van der Waals surface area contributed by atoms with E-state index in [0.29, 0.717) is 6.04 Å². The van der Waals surface area contributed by atoms with Crippen LogP contribution >= 0.6 is 11.3 Å². The molecule has 3 heteroatoms. The third-order valence-corrected chi connectivity index (χ3v) is 5.22. The van der Waals surface area contributed by atoms with Crippen LogP contribution in [0.25, 0.3) is 0 Å². The predicted molar refractivity (Wildman–Crippen MR) is 79.1 cm³/mol. The Morgan fingerprint density at radius 1 is 1.39 bits per heavy atom. The Morgan fingerprint density at radius 3 is 2.61 bits per heavy atom. The van der Waals surface area contributed by atoms with E-state index in [4.69, 9.17) is 4.98 Å². The molecule has 2 rings (SSSR count). The fourth-order valence-corrected chi connectivity index (χ4v) is 3.53. The fourth-order valence-electron chi connectivity index (χ4n) is 2.62. The van der Waals surface area contributed by atoms with Crippen molar-refractivity contribution in [2.24, 2.45) is 5.92 Å². The molecule has 1 saturated carbocycles. The number of nitrogens with one attached hydrogen (secondary N) is 1. The second-order valence-electron chi connectivity index (χ2n) is 6.61. The second-order valence-corrected chi connectivity index (χ2v) is 7.47. The van der Waals surface area contributed by atoms with E-state index in [0.717, 1.165) is 12.5 Å². The molecule has 0 spiro atoms. The maximum absolute atomic E-state index is 4.74. The van der Waals surface area contributed by atoms with Crippen molar-refractivity contribution in [1.82, 2.24) is 10.3 Å². The average molecular weight is 266 g/mol. The zero-order valence-corrected chi connectivity index (χ0v) is 12.9. The topological polar surface area (TPSA) is 24.9 Å². The predicted octanol–water partition coefficient (Wildman–Crippen LogP) is 4.11. The van der Waals surface area contributed by atoms with Gasteiger partial charge in [-0.25, -0.2) is 4.98 Å². The molecular weight excluding hydrogens is 240 g/mol. The summed E-state index contributed by atoms with van der Waals surface area (Å²) in [5, 5.41) is 7.10. The molecule has 0 radical (unpaired) electrons. The SMILES string of the molecule is CC(NCc1csc(C(C)(C)C)n1)C1CCCC1. The molecule has 0 aliphatic heterocycles. The molecule has 1 N–H and O–H groups in total. The third-order valence-electron chi connectivity index (χ3n) is 3.91. The summed E-state index contributed by atoms with van der Waals surface area (Å²) in [6.45, 7) is 9.93. The van der Waals surface area contributed by atoms with Gasteiger partial charge in [-0.15, -0.1) is 11.3 Å². The average Bonchev–Trinajstić information content (AvgIpc) is 2.96. The van der Waals surface area contributed by atoms with Gasteiger partial charge in [0.15, 0.2) is 0 Å². The van der Waals surface area contributed by atoms with Crippen LogP contribution in [0.2, 0.25) is 0 Å². The number of rotatable bonds is 4. The highest BCUT2D eigenvalue weighted by atomic mass is 32.1. The monoisotopic (exact) mass is 266 g/mol. The van der Waals surface area contributed by atoms with E-state index in [1.807, 2.05) is 0 Å². The maximum Gasteiger partial charge on any atom is 0.0982 e. The van der Waals surface area contributed by atoms with E-state index >= 15 is 0 Å². The fraction of sp³-hybridized carbons (Fsp3) is 0.800. The minimum atomic E-state index is 0.181. The van der Waals surface area contributed by atoms with Crippen molar-refractivity contribution in [2.75, 3.05) is 0 Å². The van der Waals surface area contributed by atoms with E-state index < -0.39 is 0 Å². The van der Waals surface area contributed by atoms with Crippen molar-refractivity contribution in [3.05, 3.63) is 16.1 Å². The Kier molecular flexibility index (Phi) is 4.44. The molecule has 2 nitrogen and oxygen atoms in total. The minimum absolute atomic E-state index is 0.181. The van der Waals surface area contributed by atoms with Crippen LogP contribution in [0, 0.1) is 5.92 Å². The first-order chi connectivity index (χ1) is 8.47. The van der Waals surface area contributed by atoms with E-state index in [9.17, 15) is 0 Å². The van der Waals surface area contributed by atoms with Gasteiger partial charge in [-0.2, -0.15) is 0 Å². The summed E-state index contributed by atoms with van der Waals surface area (Å²) in [6, 6.07) is 0.632. The Hall–Kier alpha value is -0.410. The molecular formula is C15H26N2S. The maximum atomic E-state index is 4.74. The standard InChI is InChI=1S/C15H26N2S/c1-11(12-7-5-6-8-12)16-9-13-10-18-14(17-13)15(2,3)4/h10-12,16H,5-9H2,1-4H3. The summed E-state index contributed by atoms with van der Waals surface area (Å²) in [4.78, 5) is 4.74. The molecule has 0 bridgehead atoms. The summed E-state index contributed by atoms with van der Waals surface area (Å²) in [5.74, 6) is 0.880. The zero-order valence-electron chi connectivity index (χ0n) is 12.1. The van der Waals surface area contributed by atoms with Gasteiger partial charge in [0.05, 0.1) is 10.7 Å². The first-order valence-electron chi connectivity index (χ1n) is 7.15. The molecule has 0 amide bonds. The van der Waals surface area contributed by atoms with Crippen LogP contribution in [0.15, 0.2) is 5.38 Å². The largest absolute Gasteiger partial charge is 0.308 e. The van der Waals surface area contributed by atoms with Gasteiger partial charge in [0.1, 0.15) is 0 Å². The van der Waals surface area contributed by atoms with Crippen molar-refractivity contribution >= 4 is 11.3 Å². The Balaban J connectivity index is 1.84. The van der Waals surface area contributed by atoms with E-state index in [1.54, 1.807) is 11.3 Å². The normalized spacial score (nSPS) is 19.3. The highest BCUT2D eigenvalue weighted by Gasteiger charge is 2.22. The lowest BCUT2D eigenvalue weighted by Crippen LogP contribution is -2.31. The smallest absolute Gasteiger partial charge is 0.0982 e. The highest BCUT2D eigenvalue weighted by molar-refractivity contribution is 7.09. The molecule has 1 aromatic heterocycles.